The normalized spacial score (nSPS) is 12.8. The Bertz CT molecular complexity index is 2040. The Morgan fingerprint density at radius 3 is 1.58 bits per heavy atom. The molecule has 0 atom stereocenters. The van der Waals surface area contributed by atoms with Crippen LogP contribution in [0.25, 0.3) is 22.6 Å². The summed E-state index contributed by atoms with van der Waals surface area (Å²) in [6.07, 6.45) is -9.80. The third kappa shape index (κ3) is 6.29. The molecule has 1 heterocycles. The summed E-state index contributed by atoms with van der Waals surface area (Å²) < 4.78 is 141. The third-order valence-electron chi connectivity index (χ3n) is 5.99. The van der Waals surface area contributed by atoms with E-state index in [1.807, 2.05) is 0 Å². The van der Waals surface area contributed by atoms with Crippen LogP contribution in [0.15, 0.2) is 105 Å². The van der Waals surface area contributed by atoms with Gasteiger partial charge in [-0.1, -0.05) is 24.3 Å². The van der Waals surface area contributed by atoms with E-state index in [0.717, 1.165) is 36.4 Å². The minimum absolute atomic E-state index is 0.0225. The molecule has 224 valence electrons. The predicted octanol–water partition coefficient (Wildman–Crippen LogP) is 7.13. The third-order valence-corrected chi connectivity index (χ3v) is 8.87. The molecule has 0 amide bonds. The summed E-state index contributed by atoms with van der Waals surface area (Å²) in [7, 11) is -9.24. The number of aromatic nitrogens is 1. The van der Waals surface area contributed by atoms with E-state index in [0.29, 0.717) is 17.7 Å². The highest BCUT2D eigenvalue weighted by atomic mass is 32.2. The molecule has 5 aromatic rings. The second-order valence-electron chi connectivity index (χ2n) is 8.98. The van der Waals surface area contributed by atoms with Gasteiger partial charge in [0.05, 0.1) is 26.6 Å². The van der Waals surface area contributed by atoms with Gasteiger partial charge in [0, 0.05) is 11.3 Å². The lowest BCUT2D eigenvalue weighted by atomic mass is 10.2. The molecule has 0 aliphatic rings. The van der Waals surface area contributed by atoms with Crippen molar-refractivity contribution in [2.45, 2.75) is 22.1 Å². The van der Waals surface area contributed by atoms with E-state index in [4.69, 9.17) is 4.42 Å². The number of nitrogens with one attached hydrogen (secondary N) is 2. The Morgan fingerprint density at radius 1 is 0.605 bits per heavy atom. The van der Waals surface area contributed by atoms with Gasteiger partial charge in [-0.3, -0.25) is 9.44 Å². The first-order valence-corrected chi connectivity index (χ1v) is 14.9. The average molecular weight is 642 g/mol. The summed E-state index contributed by atoms with van der Waals surface area (Å²) in [6, 6.07) is 16.6. The van der Waals surface area contributed by atoms with E-state index in [2.05, 4.69) is 14.4 Å². The van der Waals surface area contributed by atoms with Gasteiger partial charge < -0.3 is 4.42 Å². The van der Waals surface area contributed by atoms with E-state index >= 15 is 0 Å². The second-order valence-corrected chi connectivity index (χ2v) is 12.3. The number of rotatable bonds is 7. The van der Waals surface area contributed by atoms with E-state index in [1.165, 1.54) is 42.5 Å². The van der Waals surface area contributed by atoms with Gasteiger partial charge in [0.25, 0.3) is 20.0 Å². The summed E-state index contributed by atoms with van der Waals surface area (Å²) in [5, 5.41) is 0. The number of sulfonamides is 2. The zero-order valence-electron chi connectivity index (χ0n) is 21.2. The smallest absolute Gasteiger partial charge is 0.417 e. The van der Waals surface area contributed by atoms with Crippen molar-refractivity contribution >= 4 is 42.5 Å². The van der Waals surface area contributed by atoms with Gasteiger partial charge in [0.15, 0.2) is 5.58 Å². The molecule has 0 unspecified atom stereocenters. The van der Waals surface area contributed by atoms with Crippen LogP contribution in [-0.2, 0) is 32.4 Å². The number of benzene rings is 4. The molecule has 0 spiro atoms. The van der Waals surface area contributed by atoms with Gasteiger partial charge in [-0.15, -0.1) is 0 Å². The van der Waals surface area contributed by atoms with Gasteiger partial charge in [-0.25, -0.2) is 21.8 Å². The largest absolute Gasteiger partial charge is 0.436 e. The van der Waals surface area contributed by atoms with Crippen molar-refractivity contribution in [2.75, 3.05) is 9.44 Å². The van der Waals surface area contributed by atoms with E-state index in [-0.39, 0.29) is 28.4 Å². The fourth-order valence-electron chi connectivity index (χ4n) is 4.09. The molecule has 4 aromatic carbocycles. The monoisotopic (exact) mass is 641 g/mol. The van der Waals surface area contributed by atoms with Crippen LogP contribution in [0.3, 0.4) is 0 Å². The van der Waals surface area contributed by atoms with Crippen LogP contribution in [0, 0.1) is 0 Å². The molecule has 0 saturated carbocycles. The number of hydrogen-bond donors (Lipinski definition) is 2. The van der Waals surface area contributed by atoms with Crippen LogP contribution in [0.1, 0.15) is 11.1 Å². The van der Waals surface area contributed by atoms with Crippen molar-refractivity contribution in [2.24, 2.45) is 0 Å². The first kappa shape index (κ1) is 29.9. The summed E-state index contributed by atoms with van der Waals surface area (Å²) in [6.45, 7) is 0. The van der Waals surface area contributed by atoms with Crippen LogP contribution < -0.4 is 9.44 Å². The van der Waals surface area contributed by atoms with Crippen molar-refractivity contribution in [3.8, 4) is 11.5 Å². The molecule has 8 nitrogen and oxygen atoms in total. The number of fused-ring (bicyclic) bond motifs is 1. The van der Waals surface area contributed by atoms with Crippen molar-refractivity contribution in [3.05, 3.63) is 102 Å². The zero-order chi connectivity index (χ0) is 31.2. The van der Waals surface area contributed by atoms with E-state index in [1.54, 1.807) is 0 Å². The van der Waals surface area contributed by atoms with Crippen molar-refractivity contribution in [1.29, 1.82) is 0 Å². The quantitative estimate of drug-likeness (QED) is 0.183. The SMILES string of the molecule is O=S(=O)(Nc1ccc(-c2nc3cc(NS(=O)(=O)c4ccccc4C(F)(F)F)ccc3o2)cc1)c1ccccc1C(F)(F)F. The summed E-state index contributed by atoms with van der Waals surface area (Å²) >= 11 is 0. The standard InChI is InChI=1S/C27H17F6N3O5S2/c28-26(29,30)19-5-1-3-7-23(19)42(37,38)35-17-11-9-16(10-12-17)25-34-21-15-18(13-14-22(21)41-25)36-43(39,40)24-8-4-2-6-20(24)27(31,32)33/h1-15,35-36H. The maximum Gasteiger partial charge on any atom is 0.417 e. The predicted molar refractivity (Wildman–Crippen MR) is 144 cm³/mol. The van der Waals surface area contributed by atoms with Crippen LogP contribution in [0.2, 0.25) is 0 Å². The number of oxazole rings is 1. The summed E-state index contributed by atoms with van der Waals surface area (Å²) in [4.78, 5) is 2.35. The molecule has 0 radical (unpaired) electrons. The summed E-state index contributed by atoms with van der Waals surface area (Å²) in [5.41, 5.74) is -2.12. The Hall–Kier alpha value is -4.57. The van der Waals surface area contributed by atoms with Crippen LogP contribution in [0.5, 0.6) is 0 Å². The molecule has 5 rings (SSSR count). The van der Waals surface area contributed by atoms with Gasteiger partial charge in [0.1, 0.15) is 5.52 Å². The molecule has 0 saturated heterocycles. The lowest BCUT2D eigenvalue weighted by Gasteiger charge is -2.14. The van der Waals surface area contributed by atoms with Crippen LogP contribution in [-0.4, -0.2) is 21.8 Å². The molecule has 1 aromatic heterocycles. The lowest BCUT2D eigenvalue weighted by molar-refractivity contribution is -0.140. The highest BCUT2D eigenvalue weighted by Gasteiger charge is 2.38. The van der Waals surface area contributed by atoms with E-state index < -0.39 is 53.3 Å². The number of hydrogen-bond acceptors (Lipinski definition) is 6. The Kier molecular flexibility index (Phi) is 7.38. The summed E-state index contributed by atoms with van der Waals surface area (Å²) in [5.74, 6) is 0.0225. The first-order valence-electron chi connectivity index (χ1n) is 11.9. The average Bonchev–Trinajstić information content (AvgIpc) is 3.36. The molecular weight excluding hydrogens is 624 g/mol. The number of halogens is 6. The van der Waals surface area contributed by atoms with Crippen molar-refractivity contribution < 1.29 is 47.6 Å². The highest BCUT2D eigenvalue weighted by molar-refractivity contribution is 7.93. The van der Waals surface area contributed by atoms with Gasteiger partial charge in [0.2, 0.25) is 5.89 Å². The molecule has 43 heavy (non-hydrogen) atoms. The lowest BCUT2D eigenvalue weighted by Crippen LogP contribution is -2.18. The van der Waals surface area contributed by atoms with Crippen molar-refractivity contribution in [3.63, 3.8) is 0 Å². The second kappa shape index (κ2) is 10.6. The first-order chi connectivity index (χ1) is 20.0. The Labute approximate surface area is 240 Å². The minimum atomic E-state index is -4.90. The van der Waals surface area contributed by atoms with Gasteiger partial charge in [-0.05, 0) is 66.7 Å². The molecule has 16 heteroatoms. The highest BCUT2D eigenvalue weighted by Crippen LogP contribution is 2.36. The topological polar surface area (TPSA) is 118 Å². The number of alkyl halides is 6. The molecule has 0 aliphatic heterocycles. The maximum atomic E-state index is 13.3. The number of nitrogens with zero attached hydrogens (tertiary/aromatic N) is 1. The minimum Gasteiger partial charge on any atom is -0.436 e. The maximum absolute atomic E-state index is 13.3. The number of anilines is 2. The molecule has 0 bridgehead atoms. The van der Waals surface area contributed by atoms with Gasteiger partial charge >= 0.3 is 12.4 Å². The zero-order valence-corrected chi connectivity index (χ0v) is 22.9. The fourth-order valence-corrected chi connectivity index (χ4v) is 6.65. The molecule has 0 aliphatic carbocycles. The molecule has 2 N–H and O–H groups in total. The van der Waals surface area contributed by atoms with Crippen molar-refractivity contribution in [1.82, 2.24) is 4.98 Å². The Balaban J connectivity index is 1.37. The van der Waals surface area contributed by atoms with Gasteiger partial charge in [-0.2, -0.15) is 26.3 Å². The van der Waals surface area contributed by atoms with Crippen LogP contribution >= 0.6 is 0 Å². The molecular formula is C27H17F6N3O5S2. The van der Waals surface area contributed by atoms with E-state index in [9.17, 15) is 43.2 Å². The molecule has 0 fully saturated rings. The Morgan fingerprint density at radius 2 is 1.07 bits per heavy atom. The fraction of sp³-hybridized carbons (Fsp3) is 0.0741. The van der Waals surface area contributed by atoms with Crippen LogP contribution in [0.4, 0.5) is 37.7 Å².